The summed E-state index contributed by atoms with van der Waals surface area (Å²) >= 11 is 0. The van der Waals surface area contributed by atoms with Crippen molar-refractivity contribution in [3.63, 3.8) is 0 Å². The molecule has 1 aliphatic heterocycles. The van der Waals surface area contributed by atoms with Crippen LogP contribution >= 0.6 is 0 Å². The van der Waals surface area contributed by atoms with E-state index in [0.29, 0.717) is 6.04 Å². The zero-order valence-corrected chi connectivity index (χ0v) is 10.2. The fourth-order valence-electron chi connectivity index (χ4n) is 2.44. The number of pyridine rings is 1. The molecular weight excluding hydrogens is 226 g/mol. The molecule has 18 heavy (non-hydrogen) atoms. The van der Waals surface area contributed by atoms with Crippen LogP contribution in [0, 0.1) is 0 Å². The number of piperazine rings is 1. The molecule has 0 radical (unpaired) electrons. The summed E-state index contributed by atoms with van der Waals surface area (Å²) in [5, 5.41) is 10.5. The fraction of sp³-hybridized carbons (Fsp3) is 0.385. The number of aromatic nitrogens is 3. The highest BCUT2D eigenvalue weighted by atomic mass is 15.2. The molecule has 0 amide bonds. The second-order valence-electron chi connectivity index (χ2n) is 4.55. The molecule has 1 unspecified atom stereocenters. The third-order valence-corrected chi connectivity index (χ3v) is 3.38. The van der Waals surface area contributed by atoms with Gasteiger partial charge in [0.25, 0.3) is 0 Å². The maximum absolute atomic E-state index is 4.09. The molecule has 94 valence electrons. The van der Waals surface area contributed by atoms with E-state index in [1.807, 2.05) is 18.5 Å². The van der Waals surface area contributed by atoms with E-state index >= 15 is 0 Å². The van der Waals surface area contributed by atoms with E-state index in [0.717, 1.165) is 31.9 Å². The third kappa shape index (κ3) is 2.42. The minimum absolute atomic E-state index is 0.407. The van der Waals surface area contributed by atoms with E-state index in [-0.39, 0.29) is 0 Å². The van der Waals surface area contributed by atoms with Crippen LogP contribution in [0.1, 0.15) is 17.3 Å². The van der Waals surface area contributed by atoms with Gasteiger partial charge in [0.2, 0.25) is 0 Å². The summed E-state index contributed by atoms with van der Waals surface area (Å²) < 4.78 is 0. The Morgan fingerprint density at radius 3 is 2.89 bits per heavy atom. The summed E-state index contributed by atoms with van der Waals surface area (Å²) in [5.41, 5.74) is 2.48. The van der Waals surface area contributed by atoms with Gasteiger partial charge in [0.05, 0.1) is 0 Å². The Hall–Kier alpha value is -1.72. The molecule has 1 aliphatic rings. The number of aromatic amines is 1. The van der Waals surface area contributed by atoms with Crippen LogP contribution in [-0.2, 0) is 6.54 Å². The highest BCUT2D eigenvalue weighted by Gasteiger charge is 2.23. The molecule has 1 saturated heterocycles. The summed E-state index contributed by atoms with van der Waals surface area (Å²) in [6.45, 7) is 3.98. The largest absolute Gasteiger partial charge is 0.314 e. The lowest BCUT2D eigenvalue weighted by molar-refractivity contribution is 0.152. The second-order valence-corrected chi connectivity index (χ2v) is 4.55. The minimum Gasteiger partial charge on any atom is -0.314 e. The van der Waals surface area contributed by atoms with Gasteiger partial charge in [-0.1, -0.05) is 0 Å². The molecule has 5 nitrogen and oxygen atoms in total. The molecule has 1 fully saturated rings. The Labute approximate surface area is 106 Å². The van der Waals surface area contributed by atoms with Crippen molar-refractivity contribution < 1.29 is 0 Å². The number of rotatable bonds is 3. The van der Waals surface area contributed by atoms with E-state index in [1.54, 1.807) is 6.20 Å². The van der Waals surface area contributed by atoms with E-state index in [9.17, 15) is 0 Å². The Balaban J connectivity index is 1.78. The molecule has 5 heteroatoms. The summed E-state index contributed by atoms with van der Waals surface area (Å²) in [4.78, 5) is 6.56. The van der Waals surface area contributed by atoms with E-state index < -0.39 is 0 Å². The highest BCUT2D eigenvalue weighted by Crippen LogP contribution is 2.22. The number of H-pyrrole nitrogens is 1. The van der Waals surface area contributed by atoms with E-state index in [2.05, 4.69) is 37.5 Å². The van der Waals surface area contributed by atoms with Gasteiger partial charge in [-0.3, -0.25) is 15.0 Å². The molecule has 3 heterocycles. The number of hydrogen-bond donors (Lipinski definition) is 2. The van der Waals surface area contributed by atoms with Gasteiger partial charge in [-0.2, -0.15) is 5.10 Å². The maximum Gasteiger partial charge on any atom is 0.0492 e. The molecule has 0 saturated carbocycles. The molecule has 0 aliphatic carbocycles. The summed E-state index contributed by atoms with van der Waals surface area (Å²) in [5.74, 6) is 0. The zero-order valence-electron chi connectivity index (χ0n) is 10.2. The van der Waals surface area contributed by atoms with Crippen molar-refractivity contribution in [3.8, 4) is 0 Å². The van der Waals surface area contributed by atoms with Crippen LogP contribution in [0.2, 0.25) is 0 Å². The average Bonchev–Trinajstić information content (AvgIpc) is 2.93. The Bertz CT molecular complexity index is 467. The SMILES string of the molecule is c1cc(C2CNCCN2Cc2ccn[nH]2)ccn1. The highest BCUT2D eigenvalue weighted by molar-refractivity contribution is 5.17. The third-order valence-electron chi connectivity index (χ3n) is 3.38. The molecular formula is C13H17N5. The topological polar surface area (TPSA) is 56.8 Å². The number of nitrogens with one attached hydrogen (secondary N) is 2. The standard InChI is InChI=1S/C13H17N5/c1-4-14-5-2-11(1)13-9-15-7-8-18(13)10-12-3-6-16-17-12/h1-6,13,15H,7-10H2,(H,16,17). The van der Waals surface area contributed by atoms with Crippen LogP contribution in [0.15, 0.2) is 36.8 Å². The normalized spacial score (nSPS) is 21.0. The lowest BCUT2D eigenvalue weighted by atomic mass is 10.0. The number of nitrogens with zero attached hydrogens (tertiary/aromatic N) is 3. The van der Waals surface area contributed by atoms with Gasteiger partial charge in [-0.05, 0) is 23.8 Å². The minimum atomic E-state index is 0.407. The lowest BCUT2D eigenvalue weighted by Gasteiger charge is -2.36. The summed E-state index contributed by atoms with van der Waals surface area (Å²) in [6, 6.07) is 6.63. The Morgan fingerprint density at radius 2 is 2.11 bits per heavy atom. The van der Waals surface area contributed by atoms with Crippen LogP contribution in [-0.4, -0.2) is 39.7 Å². The van der Waals surface area contributed by atoms with Gasteiger partial charge in [-0.25, -0.2) is 0 Å². The lowest BCUT2D eigenvalue weighted by Crippen LogP contribution is -2.45. The molecule has 2 aromatic heterocycles. The van der Waals surface area contributed by atoms with Gasteiger partial charge >= 0.3 is 0 Å². The Kier molecular flexibility index (Phi) is 3.34. The van der Waals surface area contributed by atoms with E-state index in [4.69, 9.17) is 0 Å². The van der Waals surface area contributed by atoms with Gasteiger partial charge in [0.1, 0.15) is 0 Å². The predicted octanol–water partition coefficient (Wildman–Crippen LogP) is 0.951. The molecule has 1 atom stereocenters. The first-order valence-corrected chi connectivity index (χ1v) is 6.26. The average molecular weight is 243 g/mol. The van der Waals surface area contributed by atoms with Crippen molar-refractivity contribution in [3.05, 3.63) is 48.0 Å². The van der Waals surface area contributed by atoms with Crippen LogP contribution in [0.5, 0.6) is 0 Å². The van der Waals surface area contributed by atoms with Gasteiger partial charge in [-0.15, -0.1) is 0 Å². The van der Waals surface area contributed by atoms with Crippen LogP contribution in [0.4, 0.5) is 0 Å². The maximum atomic E-state index is 4.09. The van der Waals surface area contributed by atoms with Crippen LogP contribution in [0.25, 0.3) is 0 Å². The Morgan fingerprint density at radius 1 is 1.22 bits per heavy atom. The predicted molar refractivity (Wildman–Crippen MR) is 68.8 cm³/mol. The molecule has 0 spiro atoms. The smallest absolute Gasteiger partial charge is 0.0492 e. The fourth-order valence-corrected chi connectivity index (χ4v) is 2.44. The first-order chi connectivity index (χ1) is 8.93. The molecule has 3 rings (SSSR count). The van der Waals surface area contributed by atoms with Crippen LogP contribution in [0.3, 0.4) is 0 Å². The monoisotopic (exact) mass is 243 g/mol. The quantitative estimate of drug-likeness (QED) is 0.843. The summed E-state index contributed by atoms with van der Waals surface area (Å²) in [6.07, 6.45) is 5.52. The molecule has 2 aromatic rings. The van der Waals surface area contributed by atoms with Crippen LogP contribution < -0.4 is 5.32 Å². The number of hydrogen-bond acceptors (Lipinski definition) is 4. The van der Waals surface area contributed by atoms with Crippen molar-refractivity contribution in [2.75, 3.05) is 19.6 Å². The first kappa shape index (κ1) is 11.4. The zero-order chi connectivity index (χ0) is 12.2. The first-order valence-electron chi connectivity index (χ1n) is 6.26. The van der Waals surface area contributed by atoms with Gasteiger partial charge in [0.15, 0.2) is 0 Å². The van der Waals surface area contributed by atoms with Crippen molar-refractivity contribution in [2.45, 2.75) is 12.6 Å². The van der Waals surface area contributed by atoms with Crippen molar-refractivity contribution >= 4 is 0 Å². The van der Waals surface area contributed by atoms with Gasteiger partial charge < -0.3 is 5.32 Å². The van der Waals surface area contributed by atoms with Gasteiger partial charge in [0, 0.05) is 56.5 Å². The molecule has 2 N–H and O–H groups in total. The van der Waals surface area contributed by atoms with Crippen molar-refractivity contribution in [1.29, 1.82) is 0 Å². The van der Waals surface area contributed by atoms with E-state index in [1.165, 1.54) is 5.56 Å². The molecule has 0 bridgehead atoms. The molecule has 0 aromatic carbocycles. The second kappa shape index (κ2) is 5.29. The summed E-state index contributed by atoms with van der Waals surface area (Å²) in [7, 11) is 0. The van der Waals surface area contributed by atoms with Crippen molar-refractivity contribution in [2.24, 2.45) is 0 Å². The van der Waals surface area contributed by atoms with Crippen molar-refractivity contribution in [1.82, 2.24) is 25.4 Å².